The van der Waals surface area contributed by atoms with Gasteiger partial charge in [0.15, 0.2) is 0 Å². The zero-order chi connectivity index (χ0) is 19.7. The Hall–Kier alpha value is -3.68. The number of nitro groups is 1. The van der Waals surface area contributed by atoms with Gasteiger partial charge in [0.1, 0.15) is 11.4 Å². The minimum atomic E-state index is -0.462. The smallest absolute Gasteiger partial charge is 0.270 e. The van der Waals surface area contributed by atoms with Crippen LogP contribution in [0.2, 0.25) is 0 Å². The van der Waals surface area contributed by atoms with Crippen molar-refractivity contribution in [3.63, 3.8) is 0 Å². The van der Waals surface area contributed by atoms with Crippen LogP contribution in [0, 0.1) is 10.1 Å². The zero-order valence-corrected chi connectivity index (χ0v) is 15.2. The van der Waals surface area contributed by atoms with Gasteiger partial charge < -0.3 is 10.1 Å². The van der Waals surface area contributed by atoms with E-state index in [-0.39, 0.29) is 17.6 Å². The van der Waals surface area contributed by atoms with Gasteiger partial charge >= 0.3 is 0 Å². The van der Waals surface area contributed by atoms with Crippen LogP contribution in [-0.2, 0) is 0 Å². The van der Waals surface area contributed by atoms with E-state index in [1.807, 2.05) is 24.3 Å². The summed E-state index contributed by atoms with van der Waals surface area (Å²) < 4.78 is 6.69. The quantitative estimate of drug-likeness (QED) is 0.524. The first kappa shape index (κ1) is 17.7. The summed E-state index contributed by atoms with van der Waals surface area (Å²) in [5, 5.41) is 18.4. The lowest BCUT2D eigenvalue weighted by atomic mass is 10.1. The molecule has 4 rings (SSSR count). The molecule has 8 nitrogen and oxygen atoms in total. The molecular weight excluding hydrogens is 360 g/mol. The lowest BCUT2D eigenvalue weighted by Crippen LogP contribution is -2.27. The number of carbonyl (C=O) groups excluding carboxylic acids is 1. The zero-order valence-electron chi connectivity index (χ0n) is 15.2. The Morgan fingerprint density at radius 3 is 2.43 bits per heavy atom. The number of non-ortho nitro benzene ring substituents is 1. The van der Waals surface area contributed by atoms with Gasteiger partial charge in [0.05, 0.1) is 23.4 Å². The van der Waals surface area contributed by atoms with E-state index >= 15 is 0 Å². The first-order valence-corrected chi connectivity index (χ1v) is 8.85. The highest BCUT2D eigenvalue weighted by atomic mass is 16.6. The number of amides is 1. The number of hydrogen-bond acceptors (Lipinski definition) is 5. The van der Waals surface area contributed by atoms with Crippen LogP contribution in [0.15, 0.2) is 54.6 Å². The second-order valence-corrected chi connectivity index (χ2v) is 6.58. The molecule has 2 aromatic carbocycles. The molecule has 3 aromatic rings. The number of nitro benzene ring substituents is 1. The summed E-state index contributed by atoms with van der Waals surface area (Å²) in [5.41, 5.74) is 2.40. The fourth-order valence-corrected chi connectivity index (χ4v) is 2.85. The molecule has 0 unspecified atom stereocenters. The van der Waals surface area contributed by atoms with E-state index in [1.54, 1.807) is 25.3 Å². The minimum Gasteiger partial charge on any atom is -0.497 e. The molecule has 1 saturated carbocycles. The van der Waals surface area contributed by atoms with E-state index in [0.29, 0.717) is 17.1 Å². The van der Waals surface area contributed by atoms with Gasteiger partial charge in [-0.1, -0.05) is 0 Å². The Morgan fingerprint density at radius 1 is 1.18 bits per heavy atom. The van der Waals surface area contributed by atoms with Crippen LogP contribution < -0.4 is 10.1 Å². The van der Waals surface area contributed by atoms with Crippen LogP contribution in [0.1, 0.15) is 23.3 Å². The monoisotopic (exact) mass is 378 g/mol. The predicted molar refractivity (Wildman–Crippen MR) is 103 cm³/mol. The third-order valence-electron chi connectivity index (χ3n) is 4.55. The maximum absolute atomic E-state index is 12.7. The molecule has 0 radical (unpaired) electrons. The molecule has 0 aliphatic heterocycles. The fourth-order valence-electron chi connectivity index (χ4n) is 2.85. The van der Waals surface area contributed by atoms with Crippen LogP contribution >= 0.6 is 0 Å². The molecule has 142 valence electrons. The molecule has 0 spiro atoms. The molecule has 28 heavy (non-hydrogen) atoms. The normalized spacial score (nSPS) is 13.2. The van der Waals surface area contributed by atoms with Gasteiger partial charge in [-0.25, -0.2) is 4.68 Å². The van der Waals surface area contributed by atoms with Gasteiger partial charge in [0.25, 0.3) is 11.6 Å². The predicted octanol–water partition coefficient (Wildman–Crippen LogP) is 3.35. The molecule has 1 aromatic heterocycles. The van der Waals surface area contributed by atoms with Gasteiger partial charge in [0.2, 0.25) is 0 Å². The van der Waals surface area contributed by atoms with Gasteiger partial charge in [-0.05, 0) is 55.3 Å². The molecule has 1 aliphatic carbocycles. The topological polar surface area (TPSA) is 99.3 Å². The summed E-state index contributed by atoms with van der Waals surface area (Å²) in [6.45, 7) is 0. The average Bonchev–Trinajstić information content (AvgIpc) is 3.42. The number of nitrogens with one attached hydrogen (secondary N) is 1. The molecule has 8 heteroatoms. The van der Waals surface area contributed by atoms with E-state index in [4.69, 9.17) is 4.74 Å². The third-order valence-corrected chi connectivity index (χ3v) is 4.55. The van der Waals surface area contributed by atoms with Crippen molar-refractivity contribution in [2.75, 3.05) is 7.11 Å². The Kier molecular flexibility index (Phi) is 4.52. The fraction of sp³-hybridized carbons (Fsp3) is 0.200. The first-order chi connectivity index (χ1) is 13.5. The van der Waals surface area contributed by atoms with Crippen molar-refractivity contribution < 1.29 is 14.5 Å². The highest BCUT2D eigenvalue weighted by Gasteiger charge is 2.26. The van der Waals surface area contributed by atoms with E-state index < -0.39 is 4.92 Å². The second-order valence-electron chi connectivity index (χ2n) is 6.58. The van der Waals surface area contributed by atoms with Crippen molar-refractivity contribution in [1.82, 2.24) is 15.1 Å². The summed E-state index contributed by atoms with van der Waals surface area (Å²) in [5.74, 6) is 0.512. The summed E-state index contributed by atoms with van der Waals surface area (Å²) in [6, 6.07) is 15.3. The Balaban J connectivity index is 1.74. The van der Waals surface area contributed by atoms with E-state index in [2.05, 4.69) is 10.4 Å². The Bertz CT molecular complexity index is 1020. The number of aromatic nitrogens is 2. The molecule has 0 bridgehead atoms. The summed E-state index contributed by atoms with van der Waals surface area (Å²) in [7, 11) is 1.60. The number of carbonyl (C=O) groups is 1. The van der Waals surface area contributed by atoms with Gasteiger partial charge in [-0.15, -0.1) is 0 Å². The third kappa shape index (κ3) is 3.57. The maximum Gasteiger partial charge on any atom is 0.270 e. The van der Waals surface area contributed by atoms with Crippen molar-refractivity contribution in [2.24, 2.45) is 0 Å². The largest absolute Gasteiger partial charge is 0.497 e. The Morgan fingerprint density at radius 2 is 1.86 bits per heavy atom. The number of hydrogen-bond donors (Lipinski definition) is 1. The standard InChI is InChI=1S/C20H18N4O4/c1-28-17-10-2-13(3-11-17)18-12-19(20(25)21-14-4-5-14)23(22-18)15-6-8-16(9-7-15)24(26)27/h2-3,6-12,14H,4-5H2,1H3,(H,21,25). The van der Waals surface area contributed by atoms with E-state index in [0.717, 1.165) is 24.2 Å². The van der Waals surface area contributed by atoms with Crippen LogP contribution in [0.5, 0.6) is 5.75 Å². The number of rotatable bonds is 6. The van der Waals surface area contributed by atoms with Gasteiger partial charge in [-0.3, -0.25) is 14.9 Å². The van der Waals surface area contributed by atoms with Crippen LogP contribution in [-0.4, -0.2) is 33.8 Å². The number of ether oxygens (including phenoxy) is 1. The van der Waals surface area contributed by atoms with Crippen LogP contribution in [0.4, 0.5) is 5.69 Å². The molecule has 0 atom stereocenters. The average molecular weight is 378 g/mol. The van der Waals surface area contributed by atoms with Crippen molar-refractivity contribution in [2.45, 2.75) is 18.9 Å². The van der Waals surface area contributed by atoms with E-state index in [1.165, 1.54) is 16.8 Å². The van der Waals surface area contributed by atoms with Crippen molar-refractivity contribution in [1.29, 1.82) is 0 Å². The molecule has 1 amide bonds. The lowest BCUT2D eigenvalue weighted by Gasteiger charge is -2.07. The van der Waals surface area contributed by atoms with E-state index in [9.17, 15) is 14.9 Å². The second kappa shape index (κ2) is 7.15. The maximum atomic E-state index is 12.7. The molecule has 1 aliphatic rings. The molecule has 1 fully saturated rings. The highest BCUT2D eigenvalue weighted by Crippen LogP contribution is 2.26. The SMILES string of the molecule is COc1ccc(-c2cc(C(=O)NC3CC3)n(-c3ccc([N+](=O)[O-])cc3)n2)cc1. The summed E-state index contributed by atoms with van der Waals surface area (Å²) in [4.78, 5) is 23.1. The molecule has 0 saturated heterocycles. The minimum absolute atomic E-state index is 0.0183. The summed E-state index contributed by atoms with van der Waals surface area (Å²) in [6.07, 6.45) is 1.95. The van der Waals surface area contributed by atoms with Gasteiger partial charge in [-0.2, -0.15) is 5.10 Å². The lowest BCUT2D eigenvalue weighted by molar-refractivity contribution is -0.384. The number of methoxy groups -OCH3 is 1. The Labute approximate surface area is 160 Å². The van der Waals surface area contributed by atoms with Crippen molar-refractivity contribution in [3.05, 3.63) is 70.4 Å². The first-order valence-electron chi connectivity index (χ1n) is 8.85. The highest BCUT2D eigenvalue weighted by molar-refractivity contribution is 5.94. The summed E-state index contributed by atoms with van der Waals surface area (Å²) >= 11 is 0. The molecule has 1 heterocycles. The number of nitrogens with zero attached hydrogens (tertiary/aromatic N) is 3. The van der Waals surface area contributed by atoms with Crippen LogP contribution in [0.3, 0.4) is 0 Å². The van der Waals surface area contributed by atoms with Crippen molar-refractivity contribution in [3.8, 4) is 22.7 Å². The molecular formula is C20H18N4O4. The van der Waals surface area contributed by atoms with Crippen LogP contribution in [0.25, 0.3) is 16.9 Å². The van der Waals surface area contributed by atoms with Crippen molar-refractivity contribution >= 4 is 11.6 Å². The van der Waals surface area contributed by atoms with Gasteiger partial charge in [0, 0.05) is 23.7 Å². The molecule has 1 N–H and O–H groups in total. The number of benzene rings is 2.